The van der Waals surface area contributed by atoms with Crippen LogP contribution in [0.3, 0.4) is 0 Å². The maximum absolute atomic E-state index is 12.1. The fourth-order valence-electron chi connectivity index (χ4n) is 2.36. The van der Waals surface area contributed by atoms with Gasteiger partial charge in [-0.25, -0.2) is 10.2 Å². The number of carbonyl (C=O) groups is 2. The molecule has 0 unspecified atom stereocenters. The molecule has 0 radical (unpaired) electrons. The highest BCUT2D eigenvalue weighted by molar-refractivity contribution is 5.95. The fraction of sp³-hybridized carbons (Fsp3) is 0.0455. The predicted molar refractivity (Wildman–Crippen MR) is 108 cm³/mol. The number of esters is 1. The van der Waals surface area contributed by atoms with Gasteiger partial charge in [0.05, 0.1) is 18.9 Å². The molecule has 0 fully saturated rings. The predicted octanol–water partition coefficient (Wildman–Crippen LogP) is 3.38. The largest absolute Gasteiger partial charge is 0.508 e. The van der Waals surface area contributed by atoms with E-state index in [0.717, 1.165) is 0 Å². The Morgan fingerprint density at radius 2 is 1.45 bits per heavy atom. The minimum Gasteiger partial charge on any atom is -0.508 e. The number of hydrogen-bond donors (Lipinski definition) is 2. The SMILES string of the molecule is COc1ccc(C(=O)Oc2ccc(/C=N\NC(=O)c3ccc(O)cc3)cc2)cc1. The highest BCUT2D eigenvalue weighted by Gasteiger charge is 2.08. The van der Waals surface area contributed by atoms with E-state index in [2.05, 4.69) is 10.5 Å². The summed E-state index contributed by atoms with van der Waals surface area (Å²) in [6, 6.07) is 19.1. The highest BCUT2D eigenvalue weighted by Crippen LogP contribution is 2.16. The second-order valence-corrected chi connectivity index (χ2v) is 5.93. The molecule has 3 aromatic rings. The average molecular weight is 390 g/mol. The lowest BCUT2D eigenvalue weighted by Crippen LogP contribution is -2.17. The molecule has 0 heterocycles. The molecule has 0 aliphatic heterocycles. The van der Waals surface area contributed by atoms with E-state index in [1.54, 1.807) is 55.6 Å². The van der Waals surface area contributed by atoms with Crippen LogP contribution < -0.4 is 14.9 Å². The molecule has 0 saturated heterocycles. The number of rotatable bonds is 6. The number of aromatic hydroxyl groups is 1. The van der Waals surface area contributed by atoms with E-state index in [-0.39, 0.29) is 5.75 Å². The summed E-state index contributed by atoms with van der Waals surface area (Å²) in [7, 11) is 1.55. The summed E-state index contributed by atoms with van der Waals surface area (Å²) < 4.78 is 10.4. The molecule has 146 valence electrons. The lowest BCUT2D eigenvalue weighted by Gasteiger charge is -2.05. The Labute approximate surface area is 167 Å². The zero-order chi connectivity index (χ0) is 20.6. The molecule has 0 aliphatic carbocycles. The second-order valence-electron chi connectivity index (χ2n) is 5.93. The van der Waals surface area contributed by atoms with E-state index in [9.17, 15) is 14.7 Å². The van der Waals surface area contributed by atoms with Crippen molar-refractivity contribution in [1.29, 1.82) is 0 Å². The van der Waals surface area contributed by atoms with E-state index in [1.807, 2.05) is 0 Å². The number of phenols is 1. The number of nitrogens with one attached hydrogen (secondary N) is 1. The van der Waals surface area contributed by atoms with E-state index >= 15 is 0 Å². The van der Waals surface area contributed by atoms with Crippen LogP contribution >= 0.6 is 0 Å². The van der Waals surface area contributed by atoms with Gasteiger partial charge in [-0.2, -0.15) is 5.10 Å². The van der Waals surface area contributed by atoms with Crippen LogP contribution in [0.4, 0.5) is 0 Å². The van der Waals surface area contributed by atoms with Gasteiger partial charge in [-0.1, -0.05) is 0 Å². The first-order valence-corrected chi connectivity index (χ1v) is 8.64. The number of phenolic OH excluding ortho intramolecular Hbond substituents is 1. The summed E-state index contributed by atoms with van der Waals surface area (Å²) in [4.78, 5) is 24.1. The molecule has 0 aromatic heterocycles. The van der Waals surface area contributed by atoms with Gasteiger partial charge in [-0.15, -0.1) is 0 Å². The quantitative estimate of drug-likeness (QED) is 0.291. The van der Waals surface area contributed by atoms with Crippen LogP contribution in [0.15, 0.2) is 77.9 Å². The van der Waals surface area contributed by atoms with Crippen molar-refractivity contribution in [2.45, 2.75) is 0 Å². The van der Waals surface area contributed by atoms with Gasteiger partial charge in [-0.3, -0.25) is 4.79 Å². The number of hydrazone groups is 1. The molecule has 3 rings (SSSR count). The summed E-state index contributed by atoms with van der Waals surface area (Å²) in [6.45, 7) is 0. The molecular formula is C22H18N2O5. The van der Waals surface area contributed by atoms with Crippen molar-refractivity contribution in [3.8, 4) is 17.2 Å². The minimum atomic E-state index is -0.477. The number of nitrogens with zero attached hydrogens (tertiary/aromatic N) is 1. The highest BCUT2D eigenvalue weighted by atomic mass is 16.5. The van der Waals surface area contributed by atoms with E-state index < -0.39 is 11.9 Å². The smallest absolute Gasteiger partial charge is 0.343 e. The number of methoxy groups -OCH3 is 1. The molecular weight excluding hydrogens is 372 g/mol. The molecule has 7 nitrogen and oxygen atoms in total. The van der Waals surface area contributed by atoms with Gasteiger partial charge < -0.3 is 14.6 Å². The van der Waals surface area contributed by atoms with Crippen molar-refractivity contribution in [2.24, 2.45) is 5.10 Å². The summed E-state index contributed by atoms with van der Waals surface area (Å²) in [5.74, 6) is 0.248. The summed E-state index contributed by atoms with van der Waals surface area (Å²) in [6.07, 6.45) is 1.47. The molecule has 7 heteroatoms. The van der Waals surface area contributed by atoms with Gasteiger partial charge >= 0.3 is 5.97 Å². The van der Waals surface area contributed by atoms with Gasteiger partial charge in [-0.05, 0) is 78.4 Å². The monoisotopic (exact) mass is 390 g/mol. The standard InChI is InChI=1S/C22H18N2O5/c1-28-19-12-6-17(7-13-19)22(27)29-20-10-2-15(3-11-20)14-23-24-21(26)16-4-8-18(25)9-5-16/h2-14,25H,1H3,(H,24,26)/b23-14-. The lowest BCUT2D eigenvalue weighted by atomic mass is 10.2. The zero-order valence-corrected chi connectivity index (χ0v) is 15.5. The topological polar surface area (TPSA) is 97.2 Å². The van der Waals surface area contributed by atoms with Crippen LogP contribution in [0.5, 0.6) is 17.2 Å². The average Bonchev–Trinajstić information content (AvgIpc) is 2.75. The molecule has 2 N–H and O–H groups in total. The van der Waals surface area contributed by atoms with Gasteiger partial charge in [0.2, 0.25) is 0 Å². The molecule has 0 atom stereocenters. The number of hydrogen-bond acceptors (Lipinski definition) is 6. The van der Waals surface area contributed by atoms with Crippen molar-refractivity contribution < 1.29 is 24.2 Å². The van der Waals surface area contributed by atoms with Crippen molar-refractivity contribution in [3.05, 3.63) is 89.5 Å². The van der Waals surface area contributed by atoms with Crippen LogP contribution in [0, 0.1) is 0 Å². The number of ether oxygens (including phenoxy) is 2. The molecule has 0 spiro atoms. The van der Waals surface area contributed by atoms with Crippen LogP contribution in [-0.2, 0) is 0 Å². The Balaban J connectivity index is 1.55. The van der Waals surface area contributed by atoms with Gasteiger partial charge in [0.15, 0.2) is 0 Å². The Morgan fingerprint density at radius 3 is 2.07 bits per heavy atom. The van der Waals surface area contributed by atoms with Gasteiger partial charge in [0.25, 0.3) is 5.91 Å². The van der Waals surface area contributed by atoms with E-state index in [0.29, 0.717) is 28.2 Å². The lowest BCUT2D eigenvalue weighted by molar-refractivity contribution is 0.0734. The van der Waals surface area contributed by atoms with E-state index in [4.69, 9.17) is 9.47 Å². The molecule has 0 saturated carbocycles. The summed E-state index contributed by atoms with van der Waals surface area (Å²) in [5, 5.41) is 13.1. The zero-order valence-electron chi connectivity index (χ0n) is 15.5. The summed E-state index contributed by atoms with van der Waals surface area (Å²) in [5.41, 5.74) is 3.89. The van der Waals surface area contributed by atoms with E-state index in [1.165, 1.54) is 30.5 Å². The first-order valence-electron chi connectivity index (χ1n) is 8.64. The Bertz CT molecular complexity index is 1010. The Hall–Kier alpha value is -4.13. The van der Waals surface area contributed by atoms with Crippen LogP contribution in [-0.4, -0.2) is 30.3 Å². The Kier molecular flexibility index (Phi) is 6.22. The van der Waals surface area contributed by atoms with Crippen LogP contribution in [0.25, 0.3) is 0 Å². The number of amides is 1. The third-order valence-electron chi connectivity index (χ3n) is 3.93. The molecule has 29 heavy (non-hydrogen) atoms. The first-order chi connectivity index (χ1) is 14.0. The second kappa shape index (κ2) is 9.18. The Morgan fingerprint density at radius 1 is 0.862 bits per heavy atom. The summed E-state index contributed by atoms with van der Waals surface area (Å²) >= 11 is 0. The third kappa shape index (κ3) is 5.43. The van der Waals surface area contributed by atoms with Gasteiger partial charge in [0.1, 0.15) is 17.2 Å². The van der Waals surface area contributed by atoms with Crippen molar-refractivity contribution in [3.63, 3.8) is 0 Å². The molecule has 3 aromatic carbocycles. The van der Waals surface area contributed by atoms with Crippen molar-refractivity contribution in [1.82, 2.24) is 5.43 Å². The normalized spacial score (nSPS) is 10.5. The van der Waals surface area contributed by atoms with Gasteiger partial charge in [0, 0.05) is 5.56 Å². The maximum atomic E-state index is 12.1. The molecule has 0 aliphatic rings. The third-order valence-corrected chi connectivity index (χ3v) is 3.93. The van der Waals surface area contributed by atoms with Crippen molar-refractivity contribution in [2.75, 3.05) is 7.11 Å². The molecule has 1 amide bonds. The van der Waals surface area contributed by atoms with Crippen LogP contribution in [0.1, 0.15) is 26.3 Å². The maximum Gasteiger partial charge on any atom is 0.343 e. The number of carbonyl (C=O) groups excluding carboxylic acids is 2. The minimum absolute atomic E-state index is 0.0813. The molecule has 0 bridgehead atoms. The first kappa shape index (κ1) is 19.6. The fourth-order valence-corrected chi connectivity index (χ4v) is 2.36. The number of benzene rings is 3. The van der Waals surface area contributed by atoms with Crippen molar-refractivity contribution >= 4 is 18.1 Å². The van der Waals surface area contributed by atoms with Crippen LogP contribution in [0.2, 0.25) is 0 Å².